The largest absolute Gasteiger partial charge is 0.497 e. The second kappa shape index (κ2) is 5.74. The van der Waals surface area contributed by atoms with Gasteiger partial charge in [0.25, 0.3) is 0 Å². The van der Waals surface area contributed by atoms with E-state index in [1.54, 1.807) is 14.2 Å². The van der Waals surface area contributed by atoms with Crippen molar-refractivity contribution in [2.75, 3.05) is 14.2 Å². The molecule has 0 aliphatic carbocycles. The molecule has 2 aromatic carbocycles. The fourth-order valence-electron chi connectivity index (χ4n) is 2.40. The van der Waals surface area contributed by atoms with E-state index >= 15 is 0 Å². The number of nitrogens with zero attached hydrogens (tertiary/aromatic N) is 1. The zero-order valence-corrected chi connectivity index (χ0v) is 13.3. The molecule has 1 aromatic heterocycles. The minimum absolute atomic E-state index is 0.726. The Balaban J connectivity index is 2.39. The number of halogens is 1. The molecule has 0 radical (unpaired) electrons. The summed E-state index contributed by atoms with van der Waals surface area (Å²) in [5, 5.41) is 0.979. The highest BCUT2D eigenvalue weighted by Crippen LogP contribution is 2.38. The number of pyridine rings is 1. The number of benzene rings is 2. The van der Waals surface area contributed by atoms with E-state index in [4.69, 9.17) is 9.47 Å². The Kier molecular flexibility index (Phi) is 3.80. The van der Waals surface area contributed by atoms with E-state index in [0.29, 0.717) is 0 Å². The molecule has 0 bridgehead atoms. The summed E-state index contributed by atoms with van der Waals surface area (Å²) in [6, 6.07) is 16.0. The van der Waals surface area contributed by atoms with Crippen LogP contribution >= 0.6 is 15.9 Å². The highest BCUT2D eigenvalue weighted by molar-refractivity contribution is 9.10. The summed E-state index contributed by atoms with van der Waals surface area (Å²) in [4.78, 5) is 4.54. The molecule has 3 rings (SSSR count). The van der Waals surface area contributed by atoms with Crippen LogP contribution in [0.1, 0.15) is 0 Å². The van der Waals surface area contributed by atoms with Crippen molar-refractivity contribution in [3.8, 4) is 22.6 Å². The van der Waals surface area contributed by atoms with Gasteiger partial charge >= 0.3 is 0 Å². The van der Waals surface area contributed by atoms with Gasteiger partial charge in [0.05, 0.1) is 25.1 Å². The standard InChI is InChI=1S/C17H14BrNO2/c1-20-12-8-14-17(15(9-12)21-2)13(10-16(18)19-14)11-6-4-3-5-7-11/h3-10H,1-2H3. The molecular formula is C17H14BrNO2. The zero-order valence-electron chi connectivity index (χ0n) is 11.8. The molecule has 1 heterocycles. The second-order valence-electron chi connectivity index (χ2n) is 4.58. The lowest BCUT2D eigenvalue weighted by molar-refractivity contribution is 0.398. The van der Waals surface area contributed by atoms with Gasteiger partial charge in [-0.3, -0.25) is 0 Å². The average Bonchev–Trinajstić information content (AvgIpc) is 2.53. The van der Waals surface area contributed by atoms with Crippen LogP contribution in [0.2, 0.25) is 0 Å². The third kappa shape index (κ3) is 2.59. The van der Waals surface area contributed by atoms with Crippen LogP contribution in [-0.2, 0) is 0 Å². The molecule has 0 spiro atoms. The van der Waals surface area contributed by atoms with Gasteiger partial charge in [0.2, 0.25) is 0 Å². The van der Waals surface area contributed by atoms with Gasteiger partial charge in [0.1, 0.15) is 16.1 Å². The van der Waals surface area contributed by atoms with Crippen molar-refractivity contribution in [2.24, 2.45) is 0 Å². The fourth-order valence-corrected chi connectivity index (χ4v) is 2.82. The predicted octanol–water partition coefficient (Wildman–Crippen LogP) is 4.68. The maximum absolute atomic E-state index is 5.54. The van der Waals surface area contributed by atoms with Crippen LogP contribution in [0.3, 0.4) is 0 Å². The molecule has 0 saturated heterocycles. The minimum Gasteiger partial charge on any atom is -0.497 e. The van der Waals surface area contributed by atoms with Gasteiger partial charge in [-0.1, -0.05) is 30.3 Å². The van der Waals surface area contributed by atoms with Gasteiger partial charge in [-0.05, 0) is 33.1 Å². The molecule has 3 nitrogen and oxygen atoms in total. The Morgan fingerprint density at radius 1 is 0.952 bits per heavy atom. The second-order valence-corrected chi connectivity index (χ2v) is 5.39. The molecule has 0 aliphatic rings. The Morgan fingerprint density at radius 2 is 1.71 bits per heavy atom. The van der Waals surface area contributed by atoms with Crippen molar-refractivity contribution in [1.29, 1.82) is 0 Å². The van der Waals surface area contributed by atoms with Gasteiger partial charge in [-0.15, -0.1) is 0 Å². The summed E-state index contributed by atoms with van der Waals surface area (Å²) in [6.45, 7) is 0. The summed E-state index contributed by atoms with van der Waals surface area (Å²) in [5.74, 6) is 1.48. The molecule has 106 valence electrons. The van der Waals surface area contributed by atoms with Crippen LogP contribution in [0, 0.1) is 0 Å². The number of hydrogen-bond acceptors (Lipinski definition) is 3. The van der Waals surface area contributed by atoms with Crippen molar-refractivity contribution < 1.29 is 9.47 Å². The van der Waals surface area contributed by atoms with Crippen molar-refractivity contribution in [3.63, 3.8) is 0 Å². The number of rotatable bonds is 3. The number of fused-ring (bicyclic) bond motifs is 1. The lowest BCUT2D eigenvalue weighted by Crippen LogP contribution is -1.93. The molecule has 0 aliphatic heterocycles. The third-order valence-electron chi connectivity index (χ3n) is 3.36. The molecule has 0 amide bonds. The van der Waals surface area contributed by atoms with Crippen molar-refractivity contribution >= 4 is 26.8 Å². The Bertz CT molecular complexity index is 788. The van der Waals surface area contributed by atoms with Crippen LogP contribution < -0.4 is 9.47 Å². The molecule has 0 N–H and O–H groups in total. The Morgan fingerprint density at radius 3 is 2.38 bits per heavy atom. The van der Waals surface area contributed by atoms with Crippen molar-refractivity contribution in [1.82, 2.24) is 4.98 Å². The number of methoxy groups -OCH3 is 2. The smallest absolute Gasteiger partial charge is 0.132 e. The summed E-state index contributed by atoms with van der Waals surface area (Å²) in [6.07, 6.45) is 0. The molecule has 3 aromatic rings. The number of hydrogen-bond donors (Lipinski definition) is 0. The minimum atomic E-state index is 0.726. The first-order valence-electron chi connectivity index (χ1n) is 6.50. The highest BCUT2D eigenvalue weighted by atomic mass is 79.9. The van der Waals surface area contributed by atoms with E-state index in [1.807, 2.05) is 36.4 Å². The highest BCUT2D eigenvalue weighted by Gasteiger charge is 2.13. The lowest BCUT2D eigenvalue weighted by atomic mass is 10.0. The van der Waals surface area contributed by atoms with E-state index in [0.717, 1.165) is 38.1 Å². The van der Waals surface area contributed by atoms with Crippen LogP contribution in [0.15, 0.2) is 53.1 Å². The van der Waals surface area contributed by atoms with E-state index in [1.165, 1.54) is 0 Å². The molecule has 21 heavy (non-hydrogen) atoms. The number of ether oxygens (including phenoxy) is 2. The normalized spacial score (nSPS) is 10.6. The van der Waals surface area contributed by atoms with Crippen molar-refractivity contribution in [2.45, 2.75) is 0 Å². The van der Waals surface area contributed by atoms with Gasteiger partial charge in [-0.25, -0.2) is 4.98 Å². The summed E-state index contributed by atoms with van der Waals surface area (Å²) in [5.41, 5.74) is 3.03. The maximum atomic E-state index is 5.54. The Labute approximate surface area is 131 Å². The van der Waals surface area contributed by atoms with Gasteiger partial charge < -0.3 is 9.47 Å². The fraction of sp³-hybridized carbons (Fsp3) is 0.118. The van der Waals surface area contributed by atoms with Gasteiger partial charge in [0, 0.05) is 12.1 Å². The van der Waals surface area contributed by atoms with E-state index in [-0.39, 0.29) is 0 Å². The van der Waals surface area contributed by atoms with Crippen molar-refractivity contribution in [3.05, 3.63) is 53.1 Å². The molecule has 0 fully saturated rings. The summed E-state index contributed by atoms with van der Waals surface area (Å²) >= 11 is 3.48. The maximum Gasteiger partial charge on any atom is 0.132 e. The van der Waals surface area contributed by atoms with Gasteiger partial charge in [0.15, 0.2) is 0 Å². The summed E-state index contributed by atoms with van der Waals surface area (Å²) in [7, 11) is 3.29. The van der Waals surface area contributed by atoms with Gasteiger partial charge in [-0.2, -0.15) is 0 Å². The summed E-state index contributed by atoms with van der Waals surface area (Å²) < 4.78 is 11.6. The first-order chi connectivity index (χ1) is 10.2. The zero-order chi connectivity index (χ0) is 14.8. The molecular weight excluding hydrogens is 330 g/mol. The molecule has 0 unspecified atom stereocenters. The molecule has 4 heteroatoms. The molecule has 0 atom stereocenters. The van der Waals surface area contributed by atoms with Crippen LogP contribution in [-0.4, -0.2) is 19.2 Å². The van der Waals surface area contributed by atoms with E-state index < -0.39 is 0 Å². The van der Waals surface area contributed by atoms with E-state index in [2.05, 4.69) is 33.0 Å². The quantitative estimate of drug-likeness (QED) is 0.647. The molecule has 0 saturated carbocycles. The Hall–Kier alpha value is -2.07. The van der Waals surface area contributed by atoms with Crippen LogP contribution in [0.4, 0.5) is 0 Å². The topological polar surface area (TPSA) is 31.4 Å². The monoisotopic (exact) mass is 343 g/mol. The average molecular weight is 344 g/mol. The first-order valence-corrected chi connectivity index (χ1v) is 7.30. The lowest BCUT2D eigenvalue weighted by Gasteiger charge is -2.13. The first kappa shape index (κ1) is 13.9. The van der Waals surface area contributed by atoms with E-state index in [9.17, 15) is 0 Å². The third-order valence-corrected chi connectivity index (χ3v) is 3.76. The number of aromatic nitrogens is 1. The SMILES string of the molecule is COc1cc(OC)c2c(-c3ccccc3)cc(Br)nc2c1. The van der Waals surface area contributed by atoms with Crippen LogP contribution in [0.5, 0.6) is 11.5 Å². The predicted molar refractivity (Wildman–Crippen MR) is 88.0 cm³/mol. The van der Waals surface area contributed by atoms with Crippen LogP contribution in [0.25, 0.3) is 22.0 Å².